The van der Waals surface area contributed by atoms with E-state index in [0.29, 0.717) is 11.9 Å². The Balaban J connectivity index is 1.91. The van der Waals surface area contributed by atoms with Gasteiger partial charge in [0.2, 0.25) is 5.89 Å². The van der Waals surface area contributed by atoms with E-state index in [1.807, 2.05) is 0 Å². The van der Waals surface area contributed by atoms with Crippen LogP contribution in [0.15, 0.2) is 4.52 Å². The Bertz CT molecular complexity index is 413. The number of nitrogens with two attached hydrogens (primary N) is 1. The molecule has 20 heavy (non-hydrogen) atoms. The molecule has 0 bridgehead atoms. The lowest BCUT2D eigenvalue weighted by Crippen LogP contribution is -2.50. The fraction of sp³-hybridized carbons (Fsp3) is 0.846. The largest absolute Gasteiger partial charge is 0.338 e. The molecule has 2 heterocycles. The Morgan fingerprint density at radius 3 is 3.00 bits per heavy atom. The van der Waals surface area contributed by atoms with Crippen LogP contribution in [0.3, 0.4) is 0 Å². The van der Waals surface area contributed by atoms with Gasteiger partial charge in [-0.1, -0.05) is 5.16 Å². The molecule has 2 unspecified atom stereocenters. The maximum atomic E-state index is 6.05. The van der Waals surface area contributed by atoms with E-state index in [0.717, 1.165) is 44.1 Å². The first-order valence-electron chi connectivity index (χ1n) is 7.06. The molecule has 2 N–H and O–H groups in total. The number of hydrogen-bond donors (Lipinski definition) is 1. The third-order valence-electron chi connectivity index (χ3n) is 3.83. The quantitative estimate of drug-likeness (QED) is 0.825. The van der Waals surface area contributed by atoms with Gasteiger partial charge in [0, 0.05) is 32.1 Å². The highest BCUT2D eigenvalue weighted by Crippen LogP contribution is 2.16. The smallest absolute Gasteiger partial charge is 0.243 e. The fourth-order valence-electron chi connectivity index (χ4n) is 2.40. The molecule has 1 fully saturated rings. The summed E-state index contributed by atoms with van der Waals surface area (Å²) < 4.78 is 5.30. The fourth-order valence-corrected chi connectivity index (χ4v) is 2.89. The lowest BCUT2D eigenvalue weighted by molar-refractivity contribution is 0.113. The van der Waals surface area contributed by atoms with Crippen LogP contribution in [-0.2, 0) is 6.42 Å². The molecule has 0 aromatic carbocycles. The van der Waals surface area contributed by atoms with Crippen molar-refractivity contribution in [2.24, 2.45) is 5.73 Å². The van der Waals surface area contributed by atoms with Crippen molar-refractivity contribution in [3.63, 3.8) is 0 Å². The first-order chi connectivity index (χ1) is 9.60. The lowest BCUT2D eigenvalue weighted by Gasteiger charge is -2.37. The second-order valence-corrected chi connectivity index (χ2v) is 6.52. The van der Waals surface area contributed by atoms with Crippen LogP contribution >= 0.6 is 11.8 Å². The van der Waals surface area contributed by atoms with Gasteiger partial charge in [-0.15, -0.1) is 0 Å². The van der Waals surface area contributed by atoms with Crippen LogP contribution in [0.1, 0.15) is 24.2 Å². The van der Waals surface area contributed by atoms with Crippen molar-refractivity contribution in [3.8, 4) is 0 Å². The van der Waals surface area contributed by atoms with Gasteiger partial charge < -0.3 is 20.1 Å². The molecule has 2 rings (SSSR count). The summed E-state index contributed by atoms with van der Waals surface area (Å²) in [6.45, 7) is 3.24. The number of piperazine rings is 1. The SMILES string of the molecule is CSCCC(N)c1nc(CC2CN(C)CCN2C)no1. The third kappa shape index (κ3) is 4.18. The van der Waals surface area contributed by atoms with Crippen molar-refractivity contribution in [2.75, 3.05) is 45.7 Å². The summed E-state index contributed by atoms with van der Waals surface area (Å²) >= 11 is 1.78. The third-order valence-corrected chi connectivity index (χ3v) is 4.48. The van der Waals surface area contributed by atoms with Crippen LogP contribution in [0, 0.1) is 0 Å². The molecule has 0 saturated carbocycles. The van der Waals surface area contributed by atoms with E-state index in [1.165, 1.54) is 0 Å². The highest BCUT2D eigenvalue weighted by Gasteiger charge is 2.24. The first-order valence-corrected chi connectivity index (χ1v) is 8.45. The van der Waals surface area contributed by atoms with Crippen LogP contribution < -0.4 is 5.73 Å². The summed E-state index contributed by atoms with van der Waals surface area (Å²) in [5, 5.41) is 4.08. The van der Waals surface area contributed by atoms with Crippen LogP contribution in [0.4, 0.5) is 0 Å². The molecule has 6 nitrogen and oxygen atoms in total. The van der Waals surface area contributed by atoms with Gasteiger partial charge >= 0.3 is 0 Å². The van der Waals surface area contributed by atoms with Crippen LogP contribution in [0.2, 0.25) is 0 Å². The number of hydrogen-bond acceptors (Lipinski definition) is 7. The van der Waals surface area contributed by atoms with Crippen LogP contribution in [-0.4, -0.2) is 71.7 Å². The zero-order chi connectivity index (χ0) is 14.5. The van der Waals surface area contributed by atoms with Gasteiger partial charge in [0.25, 0.3) is 0 Å². The number of aromatic nitrogens is 2. The molecular formula is C13H25N5OS. The molecule has 1 aromatic heterocycles. The summed E-state index contributed by atoms with van der Waals surface area (Å²) in [6, 6.07) is 0.303. The highest BCUT2D eigenvalue weighted by atomic mass is 32.2. The molecule has 0 aliphatic carbocycles. The van der Waals surface area contributed by atoms with E-state index in [4.69, 9.17) is 10.3 Å². The lowest BCUT2D eigenvalue weighted by atomic mass is 10.1. The normalized spacial score (nSPS) is 23.1. The molecular weight excluding hydrogens is 274 g/mol. The Hall–Kier alpha value is -0.630. The minimum Gasteiger partial charge on any atom is -0.338 e. The predicted molar refractivity (Wildman–Crippen MR) is 81.8 cm³/mol. The molecule has 1 aliphatic rings. The summed E-state index contributed by atoms with van der Waals surface area (Å²) in [6.07, 6.45) is 3.76. The molecule has 1 aromatic rings. The molecule has 0 spiro atoms. The molecule has 114 valence electrons. The van der Waals surface area contributed by atoms with Crippen molar-refractivity contribution in [3.05, 3.63) is 11.7 Å². The maximum absolute atomic E-state index is 6.05. The second-order valence-electron chi connectivity index (χ2n) is 5.54. The molecule has 7 heteroatoms. The Morgan fingerprint density at radius 2 is 2.25 bits per heavy atom. The predicted octanol–water partition coefficient (Wildman–Crippen LogP) is 0.611. The van der Waals surface area contributed by atoms with E-state index in [9.17, 15) is 0 Å². The second kappa shape index (κ2) is 7.40. The van der Waals surface area contributed by atoms with Crippen molar-refractivity contribution in [1.29, 1.82) is 0 Å². The first kappa shape index (κ1) is 15.8. The summed E-state index contributed by atoms with van der Waals surface area (Å²) in [5.74, 6) is 2.35. The van der Waals surface area contributed by atoms with Crippen molar-refractivity contribution in [2.45, 2.75) is 24.9 Å². The van der Waals surface area contributed by atoms with Gasteiger partial charge in [-0.25, -0.2) is 0 Å². The number of rotatable bonds is 6. The van der Waals surface area contributed by atoms with Crippen molar-refractivity contribution < 1.29 is 4.52 Å². The number of nitrogens with zero attached hydrogens (tertiary/aromatic N) is 4. The number of likely N-dealkylation sites (N-methyl/N-ethyl adjacent to an activating group) is 2. The topological polar surface area (TPSA) is 71.4 Å². The van der Waals surface area contributed by atoms with E-state index >= 15 is 0 Å². The van der Waals surface area contributed by atoms with Crippen molar-refractivity contribution in [1.82, 2.24) is 19.9 Å². The van der Waals surface area contributed by atoms with E-state index < -0.39 is 0 Å². The summed E-state index contributed by atoms with van der Waals surface area (Å²) in [7, 11) is 4.31. The summed E-state index contributed by atoms with van der Waals surface area (Å²) in [4.78, 5) is 9.17. The van der Waals surface area contributed by atoms with Gasteiger partial charge in [0.05, 0.1) is 6.04 Å². The number of thioether (sulfide) groups is 1. The molecule has 0 radical (unpaired) electrons. The van der Waals surface area contributed by atoms with Gasteiger partial charge in [0.1, 0.15) is 0 Å². The molecule has 0 amide bonds. The Kier molecular flexibility index (Phi) is 5.83. The highest BCUT2D eigenvalue weighted by molar-refractivity contribution is 7.98. The monoisotopic (exact) mass is 299 g/mol. The van der Waals surface area contributed by atoms with Crippen LogP contribution in [0.5, 0.6) is 0 Å². The standard InChI is InChI=1S/C13H25N5OS/c1-17-5-6-18(2)10(9-17)8-12-15-13(19-16-12)11(14)4-7-20-3/h10-11H,4-9,14H2,1-3H3. The maximum Gasteiger partial charge on any atom is 0.243 e. The van der Waals surface area contributed by atoms with Crippen LogP contribution in [0.25, 0.3) is 0 Å². The van der Waals surface area contributed by atoms with Gasteiger partial charge in [-0.3, -0.25) is 0 Å². The van der Waals surface area contributed by atoms with Gasteiger partial charge in [-0.05, 0) is 32.5 Å². The van der Waals surface area contributed by atoms with Crippen molar-refractivity contribution >= 4 is 11.8 Å². The zero-order valence-electron chi connectivity index (χ0n) is 12.6. The average Bonchev–Trinajstić information content (AvgIpc) is 2.89. The minimum atomic E-state index is -0.143. The van der Waals surface area contributed by atoms with Gasteiger partial charge in [-0.2, -0.15) is 16.7 Å². The Labute approximate surface area is 125 Å². The Morgan fingerprint density at radius 1 is 1.45 bits per heavy atom. The van der Waals surface area contributed by atoms with E-state index in [2.05, 4.69) is 40.3 Å². The van der Waals surface area contributed by atoms with E-state index in [1.54, 1.807) is 11.8 Å². The van der Waals surface area contributed by atoms with E-state index in [-0.39, 0.29) is 6.04 Å². The zero-order valence-corrected chi connectivity index (χ0v) is 13.4. The average molecular weight is 299 g/mol. The molecule has 1 aliphatic heterocycles. The molecule has 1 saturated heterocycles. The summed E-state index contributed by atoms with van der Waals surface area (Å²) in [5.41, 5.74) is 6.05. The van der Waals surface area contributed by atoms with Gasteiger partial charge in [0.15, 0.2) is 5.82 Å². The molecule has 2 atom stereocenters. The minimum absolute atomic E-state index is 0.143.